The Labute approximate surface area is 195 Å². The van der Waals surface area contributed by atoms with Crippen molar-refractivity contribution in [3.8, 4) is 0 Å². The maximum absolute atomic E-state index is 14.8. The highest BCUT2D eigenvalue weighted by atomic mass is 19.1. The first-order chi connectivity index (χ1) is 16.0. The van der Waals surface area contributed by atoms with Gasteiger partial charge >= 0.3 is 0 Å². The molecule has 1 aromatic heterocycles. The second kappa shape index (κ2) is 9.87. The Morgan fingerprint density at radius 2 is 1.94 bits per heavy atom. The molecule has 1 aliphatic rings. The van der Waals surface area contributed by atoms with E-state index in [0.717, 1.165) is 36.3 Å². The average molecular weight is 449 g/mol. The second-order valence-electron chi connectivity index (χ2n) is 8.78. The molecular weight excluding hydrogens is 415 g/mol. The van der Waals surface area contributed by atoms with Crippen LogP contribution in [0.15, 0.2) is 48.5 Å². The third-order valence-electron chi connectivity index (χ3n) is 6.82. The highest BCUT2D eigenvalue weighted by molar-refractivity contribution is 5.83. The second-order valence-corrected chi connectivity index (χ2v) is 8.78. The molecule has 1 aliphatic heterocycles. The summed E-state index contributed by atoms with van der Waals surface area (Å²) in [5.41, 5.74) is 5.78. The number of likely N-dealkylation sites (N-methyl/N-ethyl adjacent to an activating group) is 1. The molecule has 5 nitrogen and oxygen atoms in total. The minimum atomic E-state index is -0.416. The summed E-state index contributed by atoms with van der Waals surface area (Å²) < 4.78 is 16.9. The van der Waals surface area contributed by atoms with Gasteiger partial charge < -0.3 is 5.32 Å². The molecule has 2 heterocycles. The summed E-state index contributed by atoms with van der Waals surface area (Å²) in [5, 5.41) is 7.66. The molecule has 2 atom stereocenters. The van der Waals surface area contributed by atoms with Crippen LogP contribution in [0.2, 0.25) is 0 Å². The maximum Gasteiger partial charge on any atom is 0.241 e. The summed E-state index contributed by atoms with van der Waals surface area (Å²) in [6.45, 7) is 7.51. The molecule has 4 rings (SSSR count). The first-order valence-corrected chi connectivity index (χ1v) is 11.8. The summed E-state index contributed by atoms with van der Waals surface area (Å²) in [6.07, 6.45) is 2.14. The van der Waals surface area contributed by atoms with Crippen LogP contribution in [-0.2, 0) is 24.2 Å². The molecule has 6 heteroatoms. The highest BCUT2D eigenvalue weighted by Crippen LogP contribution is 2.40. The molecule has 174 valence electrons. The number of benzene rings is 2. The van der Waals surface area contributed by atoms with Crippen molar-refractivity contribution < 1.29 is 9.18 Å². The zero-order valence-electron chi connectivity index (χ0n) is 19.9. The number of amides is 1. The van der Waals surface area contributed by atoms with E-state index in [1.165, 1.54) is 11.3 Å². The van der Waals surface area contributed by atoms with E-state index in [-0.39, 0.29) is 17.8 Å². The van der Waals surface area contributed by atoms with Crippen molar-refractivity contribution in [2.24, 2.45) is 0 Å². The quantitative estimate of drug-likeness (QED) is 0.571. The number of hydrogen-bond donors (Lipinski definition) is 1. The molecule has 0 saturated carbocycles. The van der Waals surface area contributed by atoms with E-state index in [9.17, 15) is 9.18 Å². The fourth-order valence-corrected chi connectivity index (χ4v) is 5.24. The van der Waals surface area contributed by atoms with Gasteiger partial charge in [-0.15, -0.1) is 0 Å². The number of rotatable bonds is 7. The standard InChI is InChI=1S/C27H33FN4O/c1-5-32-23-16-17-31(26(27(33)29-4)21-11-7-6-8-12-21)22(24(23)19(3)30-32)15-14-20-13-9-10-18(2)25(20)28/h6-13,22,26H,5,14-17H2,1-4H3,(H,29,33). The third-order valence-corrected chi connectivity index (χ3v) is 6.82. The first kappa shape index (κ1) is 23.2. The fraction of sp³-hybridized carbons (Fsp3) is 0.407. The van der Waals surface area contributed by atoms with Crippen LogP contribution in [0.5, 0.6) is 0 Å². The van der Waals surface area contributed by atoms with Crippen LogP contribution < -0.4 is 5.32 Å². The largest absolute Gasteiger partial charge is 0.358 e. The predicted molar refractivity (Wildman–Crippen MR) is 128 cm³/mol. The molecule has 2 aromatic carbocycles. The van der Waals surface area contributed by atoms with Crippen LogP contribution in [0.4, 0.5) is 4.39 Å². The predicted octanol–water partition coefficient (Wildman–Crippen LogP) is 4.68. The first-order valence-electron chi connectivity index (χ1n) is 11.8. The van der Waals surface area contributed by atoms with Crippen LogP contribution >= 0.6 is 0 Å². The molecule has 1 N–H and O–H groups in total. The van der Waals surface area contributed by atoms with Crippen molar-refractivity contribution in [2.45, 2.75) is 58.7 Å². The van der Waals surface area contributed by atoms with Gasteiger partial charge in [0.15, 0.2) is 0 Å². The van der Waals surface area contributed by atoms with Gasteiger partial charge in [0.25, 0.3) is 0 Å². The lowest BCUT2D eigenvalue weighted by atomic mass is 9.88. The number of nitrogens with zero attached hydrogens (tertiary/aromatic N) is 3. The van der Waals surface area contributed by atoms with Gasteiger partial charge in [0.2, 0.25) is 5.91 Å². The van der Waals surface area contributed by atoms with E-state index in [1.807, 2.05) is 49.4 Å². The Morgan fingerprint density at radius 1 is 1.18 bits per heavy atom. The molecule has 0 aliphatic carbocycles. The van der Waals surface area contributed by atoms with E-state index in [0.29, 0.717) is 18.4 Å². The average Bonchev–Trinajstić information content (AvgIpc) is 3.17. The van der Waals surface area contributed by atoms with Crippen molar-refractivity contribution in [3.05, 3.63) is 88.0 Å². The van der Waals surface area contributed by atoms with Gasteiger partial charge in [0.05, 0.1) is 5.69 Å². The minimum Gasteiger partial charge on any atom is -0.358 e. The molecule has 2 unspecified atom stereocenters. The molecule has 3 aromatic rings. The van der Waals surface area contributed by atoms with Crippen LogP contribution in [0.1, 0.15) is 59.1 Å². The molecule has 0 spiro atoms. The molecule has 0 fully saturated rings. The summed E-state index contributed by atoms with van der Waals surface area (Å²) in [6, 6.07) is 15.1. The summed E-state index contributed by atoms with van der Waals surface area (Å²) in [7, 11) is 1.69. The van der Waals surface area contributed by atoms with E-state index < -0.39 is 6.04 Å². The van der Waals surface area contributed by atoms with Gasteiger partial charge in [0, 0.05) is 43.9 Å². The van der Waals surface area contributed by atoms with Crippen molar-refractivity contribution in [1.29, 1.82) is 0 Å². The molecule has 0 radical (unpaired) electrons. The SMILES string of the molecule is CCn1nc(C)c2c1CCN(C(C(=O)NC)c1ccccc1)C2CCc1cccc(C)c1F. The number of fused-ring (bicyclic) bond motifs is 1. The minimum absolute atomic E-state index is 0.0306. The molecule has 33 heavy (non-hydrogen) atoms. The van der Waals surface area contributed by atoms with Crippen molar-refractivity contribution in [2.75, 3.05) is 13.6 Å². The Bertz CT molecular complexity index is 1120. The lowest BCUT2D eigenvalue weighted by molar-refractivity contribution is -0.127. The van der Waals surface area contributed by atoms with Crippen LogP contribution in [-0.4, -0.2) is 34.2 Å². The number of carbonyl (C=O) groups is 1. The number of aryl methyl sites for hydroxylation is 4. The Hall–Kier alpha value is -2.99. The monoisotopic (exact) mass is 448 g/mol. The van der Waals surface area contributed by atoms with E-state index in [4.69, 9.17) is 5.10 Å². The number of hydrogen-bond acceptors (Lipinski definition) is 3. The highest BCUT2D eigenvalue weighted by Gasteiger charge is 2.39. The number of carbonyl (C=O) groups excluding carboxylic acids is 1. The Balaban J connectivity index is 1.76. The zero-order chi connectivity index (χ0) is 23.5. The number of nitrogens with one attached hydrogen (secondary N) is 1. The van der Waals surface area contributed by atoms with E-state index in [2.05, 4.69) is 21.8 Å². The molecule has 1 amide bonds. The van der Waals surface area contributed by atoms with E-state index >= 15 is 0 Å². The Morgan fingerprint density at radius 3 is 2.64 bits per heavy atom. The van der Waals surface area contributed by atoms with Crippen molar-refractivity contribution in [3.63, 3.8) is 0 Å². The number of halogens is 1. The summed E-state index contributed by atoms with van der Waals surface area (Å²) in [4.78, 5) is 15.4. The fourth-order valence-electron chi connectivity index (χ4n) is 5.24. The van der Waals surface area contributed by atoms with Crippen LogP contribution in [0.25, 0.3) is 0 Å². The normalized spacial score (nSPS) is 16.9. The van der Waals surface area contributed by atoms with Gasteiger partial charge in [-0.1, -0.05) is 48.5 Å². The third kappa shape index (κ3) is 4.44. The molecule has 0 bridgehead atoms. The van der Waals surface area contributed by atoms with Gasteiger partial charge in [-0.05, 0) is 50.3 Å². The molecular formula is C27H33FN4O. The van der Waals surface area contributed by atoms with Crippen LogP contribution in [0.3, 0.4) is 0 Å². The van der Waals surface area contributed by atoms with E-state index in [1.54, 1.807) is 20.0 Å². The maximum atomic E-state index is 14.8. The van der Waals surface area contributed by atoms with Gasteiger partial charge in [-0.2, -0.15) is 5.10 Å². The molecule has 0 saturated heterocycles. The topological polar surface area (TPSA) is 50.2 Å². The summed E-state index contributed by atoms with van der Waals surface area (Å²) >= 11 is 0. The lowest BCUT2D eigenvalue weighted by Gasteiger charge is -2.41. The van der Waals surface area contributed by atoms with Crippen molar-refractivity contribution in [1.82, 2.24) is 20.0 Å². The van der Waals surface area contributed by atoms with Gasteiger partial charge in [-0.25, -0.2) is 4.39 Å². The van der Waals surface area contributed by atoms with Gasteiger partial charge in [0.1, 0.15) is 11.9 Å². The van der Waals surface area contributed by atoms with Crippen LogP contribution in [0, 0.1) is 19.7 Å². The van der Waals surface area contributed by atoms with Crippen molar-refractivity contribution >= 4 is 5.91 Å². The lowest BCUT2D eigenvalue weighted by Crippen LogP contribution is -2.45. The Kier molecular flexibility index (Phi) is 6.94. The summed E-state index contributed by atoms with van der Waals surface area (Å²) in [5.74, 6) is -0.163. The number of aromatic nitrogens is 2. The van der Waals surface area contributed by atoms with Gasteiger partial charge in [-0.3, -0.25) is 14.4 Å². The zero-order valence-corrected chi connectivity index (χ0v) is 19.9. The smallest absolute Gasteiger partial charge is 0.241 e.